The first kappa shape index (κ1) is 12.9. The van der Waals surface area contributed by atoms with E-state index >= 15 is 0 Å². The quantitative estimate of drug-likeness (QED) is 0.853. The van der Waals surface area contributed by atoms with Crippen molar-refractivity contribution in [3.8, 4) is 0 Å². The number of nitrogens with one attached hydrogen (secondary N) is 1. The predicted molar refractivity (Wildman–Crippen MR) is 74.5 cm³/mol. The molecule has 2 unspecified atom stereocenters. The topological polar surface area (TPSA) is 28.2 Å². The molecule has 1 aromatic heterocycles. The Morgan fingerprint density at radius 1 is 1.47 bits per heavy atom. The zero-order valence-corrected chi connectivity index (χ0v) is 11.4. The van der Waals surface area contributed by atoms with Gasteiger partial charge in [0.25, 0.3) is 0 Å². The van der Waals surface area contributed by atoms with E-state index in [4.69, 9.17) is 0 Å². The van der Waals surface area contributed by atoms with Gasteiger partial charge in [-0.3, -0.25) is 4.98 Å². The molecule has 3 nitrogen and oxygen atoms in total. The summed E-state index contributed by atoms with van der Waals surface area (Å²) in [7, 11) is 2.23. The summed E-state index contributed by atoms with van der Waals surface area (Å²) in [6.45, 7) is 3.34. The number of aromatic nitrogens is 1. The molecule has 1 saturated heterocycles. The minimum absolute atomic E-state index is 0.661. The molecule has 1 aromatic rings. The van der Waals surface area contributed by atoms with Crippen LogP contribution in [0.15, 0.2) is 24.4 Å². The molecule has 2 rings (SSSR count). The molecule has 0 saturated carbocycles. The van der Waals surface area contributed by atoms with Crippen LogP contribution in [0.3, 0.4) is 0 Å². The van der Waals surface area contributed by atoms with Crippen LogP contribution < -0.4 is 5.32 Å². The van der Waals surface area contributed by atoms with E-state index in [-0.39, 0.29) is 0 Å². The van der Waals surface area contributed by atoms with Gasteiger partial charge in [-0.15, -0.1) is 0 Å². The Hall–Kier alpha value is -0.580. The van der Waals surface area contributed by atoms with Crippen LogP contribution >= 0.6 is 11.8 Å². The summed E-state index contributed by atoms with van der Waals surface area (Å²) >= 11 is 1.97. The minimum Gasteiger partial charge on any atom is -0.314 e. The normalized spacial score (nSPS) is 24.4. The van der Waals surface area contributed by atoms with Gasteiger partial charge in [0.1, 0.15) is 0 Å². The Labute approximate surface area is 108 Å². The van der Waals surface area contributed by atoms with Crippen LogP contribution in [-0.4, -0.2) is 54.1 Å². The third-order valence-electron chi connectivity index (χ3n) is 3.44. The van der Waals surface area contributed by atoms with E-state index in [0.29, 0.717) is 6.04 Å². The van der Waals surface area contributed by atoms with Crippen molar-refractivity contribution < 1.29 is 0 Å². The SMILES string of the molecule is CSC1CNCC1N(C)CCc1ccccn1. The maximum absolute atomic E-state index is 4.37. The minimum atomic E-state index is 0.661. The molecule has 0 amide bonds. The summed E-state index contributed by atoms with van der Waals surface area (Å²) in [4.78, 5) is 6.84. The Kier molecular flexibility index (Phi) is 4.83. The average molecular weight is 251 g/mol. The van der Waals surface area contributed by atoms with Gasteiger partial charge in [0.2, 0.25) is 0 Å². The number of rotatable bonds is 5. The van der Waals surface area contributed by atoms with Gasteiger partial charge in [-0.25, -0.2) is 0 Å². The highest BCUT2D eigenvalue weighted by atomic mass is 32.2. The Balaban J connectivity index is 1.83. The fourth-order valence-electron chi connectivity index (χ4n) is 2.32. The van der Waals surface area contributed by atoms with E-state index < -0.39 is 0 Å². The highest BCUT2D eigenvalue weighted by Gasteiger charge is 2.29. The zero-order chi connectivity index (χ0) is 12.1. The van der Waals surface area contributed by atoms with Crippen LogP contribution in [-0.2, 0) is 6.42 Å². The van der Waals surface area contributed by atoms with Crippen LogP contribution in [0.5, 0.6) is 0 Å². The number of likely N-dealkylation sites (N-methyl/N-ethyl adjacent to an activating group) is 1. The second-order valence-corrected chi connectivity index (χ2v) is 5.63. The van der Waals surface area contributed by atoms with Crippen molar-refractivity contribution in [2.24, 2.45) is 0 Å². The van der Waals surface area contributed by atoms with Crippen molar-refractivity contribution in [2.75, 3.05) is 32.9 Å². The smallest absolute Gasteiger partial charge is 0.0416 e. The van der Waals surface area contributed by atoms with Gasteiger partial charge in [-0.05, 0) is 25.4 Å². The van der Waals surface area contributed by atoms with Crippen molar-refractivity contribution in [2.45, 2.75) is 17.7 Å². The maximum Gasteiger partial charge on any atom is 0.0416 e. The molecule has 0 bridgehead atoms. The van der Waals surface area contributed by atoms with Gasteiger partial charge >= 0.3 is 0 Å². The van der Waals surface area contributed by atoms with Crippen molar-refractivity contribution in [1.29, 1.82) is 0 Å². The second kappa shape index (κ2) is 6.38. The van der Waals surface area contributed by atoms with E-state index in [1.807, 2.05) is 24.0 Å². The second-order valence-electron chi connectivity index (χ2n) is 4.55. The highest BCUT2D eigenvalue weighted by Crippen LogP contribution is 2.19. The molecule has 0 aliphatic carbocycles. The summed E-state index contributed by atoms with van der Waals surface area (Å²) in [5.41, 5.74) is 1.19. The molecular formula is C13H21N3S. The molecule has 1 N–H and O–H groups in total. The molecule has 1 aliphatic heterocycles. The van der Waals surface area contributed by atoms with Crippen LogP contribution in [0.4, 0.5) is 0 Å². The van der Waals surface area contributed by atoms with E-state index in [2.05, 4.69) is 40.6 Å². The third-order valence-corrected chi connectivity index (χ3v) is 4.53. The van der Waals surface area contributed by atoms with Crippen LogP contribution in [0, 0.1) is 0 Å². The fraction of sp³-hybridized carbons (Fsp3) is 0.615. The summed E-state index contributed by atoms with van der Waals surface area (Å²) in [5.74, 6) is 0. The number of hydrogen-bond donors (Lipinski definition) is 1. The highest BCUT2D eigenvalue weighted by molar-refractivity contribution is 7.99. The van der Waals surface area contributed by atoms with Crippen LogP contribution in [0.25, 0.3) is 0 Å². The number of thioether (sulfide) groups is 1. The molecular weight excluding hydrogens is 230 g/mol. The van der Waals surface area contributed by atoms with Gasteiger partial charge in [0, 0.05) is 49.2 Å². The van der Waals surface area contributed by atoms with Gasteiger partial charge in [0.05, 0.1) is 0 Å². The molecule has 0 radical (unpaired) electrons. The van der Waals surface area contributed by atoms with Gasteiger partial charge in [-0.1, -0.05) is 6.07 Å². The van der Waals surface area contributed by atoms with Gasteiger partial charge < -0.3 is 10.2 Å². The molecule has 94 valence electrons. The molecule has 2 atom stereocenters. The summed E-state index contributed by atoms with van der Waals surface area (Å²) in [6.07, 6.45) is 5.11. The molecule has 2 heterocycles. The lowest BCUT2D eigenvalue weighted by Crippen LogP contribution is -2.40. The molecule has 0 aromatic carbocycles. The Bertz CT molecular complexity index is 331. The molecule has 1 aliphatic rings. The van der Waals surface area contributed by atoms with Crippen molar-refractivity contribution in [1.82, 2.24) is 15.2 Å². The van der Waals surface area contributed by atoms with Crippen molar-refractivity contribution in [3.05, 3.63) is 30.1 Å². The molecule has 4 heteroatoms. The van der Waals surface area contributed by atoms with E-state index in [1.165, 1.54) is 5.69 Å². The fourth-order valence-corrected chi connectivity index (χ4v) is 3.23. The van der Waals surface area contributed by atoms with E-state index in [1.54, 1.807) is 0 Å². The third kappa shape index (κ3) is 3.44. The summed E-state index contributed by atoms with van der Waals surface area (Å²) < 4.78 is 0. The number of nitrogens with zero attached hydrogens (tertiary/aromatic N) is 2. The van der Waals surface area contributed by atoms with Crippen molar-refractivity contribution >= 4 is 11.8 Å². The van der Waals surface area contributed by atoms with Crippen molar-refractivity contribution in [3.63, 3.8) is 0 Å². The average Bonchev–Trinajstić information content (AvgIpc) is 2.85. The first-order valence-corrected chi connectivity index (χ1v) is 7.43. The predicted octanol–water partition coefficient (Wildman–Crippen LogP) is 1.26. The lowest BCUT2D eigenvalue weighted by molar-refractivity contribution is 0.263. The van der Waals surface area contributed by atoms with Crippen LogP contribution in [0.2, 0.25) is 0 Å². The van der Waals surface area contributed by atoms with Gasteiger partial charge in [0.15, 0.2) is 0 Å². The van der Waals surface area contributed by atoms with Crippen LogP contribution in [0.1, 0.15) is 5.69 Å². The molecule has 1 fully saturated rings. The van der Waals surface area contributed by atoms with Gasteiger partial charge in [-0.2, -0.15) is 11.8 Å². The maximum atomic E-state index is 4.37. The lowest BCUT2D eigenvalue weighted by atomic mass is 10.2. The first-order valence-electron chi connectivity index (χ1n) is 6.15. The largest absolute Gasteiger partial charge is 0.314 e. The molecule has 17 heavy (non-hydrogen) atoms. The van der Waals surface area contributed by atoms with E-state index in [9.17, 15) is 0 Å². The summed E-state index contributed by atoms with van der Waals surface area (Å²) in [5, 5.41) is 4.20. The lowest BCUT2D eigenvalue weighted by Gasteiger charge is -2.27. The number of hydrogen-bond acceptors (Lipinski definition) is 4. The first-order chi connectivity index (χ1) is 8.31. The van der Waals surface area contributed by atoms with E-state index in [0.717, 1.165) is 31.3 Å². The summed E-state index contributed by atoms with van der Waals surface area (Å²) in [6, 6.07) is 6.79. The number of pyridine rings is 1. The molecule has 0 spiro atoms. The zero-order valence-electron chi connectivity index (χ0n) is 10.6. The monoisotopic (exact) mass is 251 g/mol. The standard InChI is InChI=1S/C13H21N3S/c1-16(12-9-14-10-13(12)17-2)8-6-11-5-3-4-7-15-11/h3-5,7,12-14H,6,8-10H2,1-2H3. The Morgan fingerprint density at radius 3 is 3.06 bits per heavy atom. The Morgan fingerprint density at radius 2 is 2.35 bits per heavy atom.